The number of likely N-dealkylation sites (tertiary alicyclic amines) is 1. The molecule has 0 unspecified atom stereocenters. The van der Waals surface area contributed by atoms with Crippen LogP contribution >= 0.6 is 0 Å². The molecule has 0 spiro atoms. The fraction of sp³-hybridized carbons (Fsp3) is 0.412. The van der Waals surface area contributed by atoms with Crippen molar-refractivity contribution in [2.24, 2.45) is 0 Å². The molecule has 1 saturated heterocycles. The van der Waals surface area contributed by atoms with E-state index in [4.69, 9.17) is 4.74 Å². The predicted molar refractivity (Wildman–Crippen MR) is 86.0 cm³/mol. The number of H-pyrrole nitrogens is 1. The van der Waals surface area contributed by atoms with Crippen molar-refractivity contribution in [2.75, 3.05) is 26.2 Å². The molecule has 0 aliphatic carbocycles. The summed E-state index contributed by atoms with van der Waals surface area (Å²) in [5, 5.41) is 6.23. The first-order valence-electron chi connectivity index (χ1n) is 7.93. The van der Waals surface area contributed by atoms with E-state index in [0.29, 0.717) is 17.9 Å². The molecule has 2 aromatic rings. The summed E-state index contributed by atoms with van der Waals surface area (Å²) in [5.74, 6) is -0.170. The van der Waals surface area contributed by atoms with Gasteiger partial charge in [0.05, 0.1) is 12.3 Å². The molecule has 1 aliphatic rings. The highest BCUT2D eigenvalue weighted by Gasteiger charge is 2.11. The van der Waals surface area contributed by atoms with Crippen LogP contribution in [0.4, 0.5) is 4.39 Å². The molecule has 1 aliphatic heterocycles. The second-order valence-corrected chi connectivity index (χ2v) is 5.70. The first kappa shape index (κ1) is 15.7. The second-order valence-electron chi connectivity index (χ2n) is 5.70. The van der Waals surface area contributed by atoms with Gasteiger partial charge in [-0.2, -0.15) is 5.10 Å². The largest absolute Gasteiger partial charge is 0.490 e. The van der Waals surface area contributed by atoms with E-state index in [9.17, 15) is 9.18 Å². The first-order chi connectivity index (χ1) is 11.2. The zero-order valence-electron chi connectivity index (χ0n) is 12.9. The summed E-state index contributed by atoms with van der Waals surface area (Å²) in [6, 6.07) is 7.64. The Morgan fingerprint density at radius 2 is 2.04 bits per heavy atom. The smallest absolute Gasteiger partial charge is 0.264 e. The molecule has 6 heteroatoms. The van der Waals surface area contributed by atoms with Crippen LogP contribution in [0, 0.1) is 5.82 Å². The molecule has 0 radical (unpaired) electrons. The molecule has 122 valence electrons. The SMILES string of the molecule is O=c1ccc(-c2ccc(OCCCN3CCCC3)c(F)c2)n[nH]1. The molecule has 0 atom stereocenters. The standard InChI is InChI=1S/C17H20FN3O2/c18-14-12-13(15-5-7-17(22)20-19-15)4-6-16(14)23-11-3-10-21-8-1-2-9-21/h4-7,12H,1-3,8-11H2,(H,20,22). The third-order valence-corrected chi connectivity index (χ3v) is 3.98. The van der Waals surface area contributed by atoms with E-state index >= 15 is 0 Å². The maximum Gasteiger partial charge on any atom is 0.264 e. The van der Waals surface area contributed by atoms with Gasteiger partial charge in [-0.1, -0.05) is 0 Å². The number of halogens is 1. The van der Waals surface area contributed by atoms with E-state index in [1.165, 1.54) is 25.0 Å². The molecule has 2 heterocycles. The number of aromatic nitrogens is 2. The van der Waals surface area contributed by atoms with Crippen LogP contribution in [0.1, 0.15) is 19.3 Å². The van der Waals surface area contributed by atoms with E-state index < -0.39 is 5.82 Å². The van der Waals surface area contributed by atoms with E-state index in [2.05, 4.69) is 15.1 Å². The fourth-order valence-corrected chi connectivity index (χ4v) is 2.76. The summed E-state index contributed by atoms with van der Waals surface area (Å²) < 4.78 is 19.6. The second kappa shape index (κ2) is 7.37. The average Bonchev–Trinajstić information content (AvgIpc) is 3.07. The summed E-state index contributed by atoms with van der Waals surface area (Å²) in [6.07, 6.45) is 3.44. The van der Waals surface area contributed by atoms with Crippen LogP contribution in [0.25, 0.3) is 11.3 Å². The first-order valence-corrected chi connectivity index (χ1v) is 7.93. The van der Waals surface area contributed by atoms with Gasteiger partial charge in [0.25, 0.3) is 5.56 Å². The Hall–Kier alpha value is -2.21. The maximum absolute atomic E-state index is 14.1. The molecule has 5 nitrogen and oxygen atoms in total. The lowest BCUT2D eigenvalue weighted by molar-refractivity contribution is 0.256. The molecular formula is C17H20FN3O2. The number of nitrogens with one attached hydrogen (secondary N) is 1. The number of hydrogen-bond donors (Lipinski definition) is 1. The maximum atomic E-state index is 14.1. The number of benzene rings is 1. The lowest BCUT2D eigenvalue weighted by atomic mass is 10.1. The number of aromatic amines is 1. The van der Waals surface area contributed by atoms with Crippen molar-refractivity contribution in [3.05, 3.63) is 46.5 Å². The van der Waals surface area contributed by atoms with E-state index in [1.54, 1.807) is 18.2 Å². The van der Waals surface area contributed by atoms with Crippen LogP contribution in [0.15, 0.2) is 35.1 Å². The molecule has 1 aromatic heterocycles. The van der Waals surface area contributed by atoms with Crippen LogP contribution in [-0.2, 0) is 0 Å². The molecule has 1 N–H and O–H groups in total. The van der Waals surface area contributed by atoms with Crippen molar-refractivity contribution < 1.29 is 9.13 Å². The summed E-state index contributed by atoms with van der Waals surface area (Å²) in [4.78, 5) is 13.4. The minimum atomic E-state index is -0.420. The topological polar surface area (TPSA) is 58.2 Å². The Bertz CT molecular complexity index is 691. The van der Waals surface area contributed by atoms with Crippen LogP contribution < -0.4 is 10.3 Å². The van der Waals surface area contributed by atoms with Gasteiger partial charge in [-0.05, 0) is 56.6 Å². The van der Waals surface area contributed by atoms with Crippen molar-refractivity contribution >= 4 is 0 Å². The number of hydrogen-bond acceptors (Lipinski definition) is 4. The highest BCUT2D eigenvalue weighted by atomic mass is 19.1. The van der Waals surface area contributed by atoms with Crippen molar-refractivity contribution in [3.8, 4) is 17.0 Å². The molecule has 1 fully saturated rings. The highest BCUT2D eigenvalue weighted by Crippen LogP contribution is 2.24. The van der Waals surface area contributed by atoms with Crippen molar-refractivity contribution in [1.29, 1.82) is 0 Å². The van der Waals surface area contributed by atoms with Gasteiger partial charge < -0.3 is 9.64 Å². The lowest BCUT2D eigenvalue weighted by Gasteiger charge is -2.14. The molecule has 0 bridgehead atoms. The summed E-state index contributed by atoms with van der Waals surface area (Å²) in [5.41, 5.74) is 0.833. The van der Waals surface area contributed by atoms with E-state index in [1.807, 2.05) is 0 Å². The average molecular weight is 317 g/mol. The Balaban J connectivity index is 1.56. The highest BCUT2D eigenvalue weighted by molar-refractivity contribution is 5.59. The Morgan fingerprint density at radius 3 is 2.74 bits per heavy atom. The van der Waals surface area contributed by atoms with Gasteiger partial charge in [-0.15, -0.1) is 0 Å². The van der Waals surface area contributed by atoms with E-state index in [0.717, 1.165) is 26.1 Å². The van der Waals surface area contributed by atoms with Crippen LogP contribution in [-0.4, -0.2) is 41.3 Å². The third-order valence-electron chi connectivity index (χ3n) is 3.98. The summed E-state index contributed by atoms with van der Waals surface area (Å²) >= 11 is 0. The minimum absolute atomic E-state index is 0.250. The summed E-state index contributed by atoms with van der Waals surface area (Å²) in [7, 11) is 0. The van der Waals surface area contributed by atoms with Gasteiger partial charge in [-0.25, -0.2) is 9.49 Å². The van der Waals surface area contributed by atoms with Gasteiger partial charge >= 0.3 is 0 Å². The lowest BCUT2D eigenvalue weighted by Crippen LogP contribution is -2.22. The number of ether oxygens (including phenoxy) is 1. The third kappa shape index (κ3) is 4.16. The molecule has 0 amide bonds. The fourth-order valence-electron chi connectivity index (χ4n) is 2.76. The van der Waals surface area contributed by atoms with Gasteiger partial charge in [0.15, 0.2) is 11.6 Å². The van der Waals surface area contributed by atoms with Gasteiger partial charge in [0.2, 0.25) is 0 Å². The molecule has 23 heavy (non-hydrogen) atoms. The number of rotatable bonds is 6. The monoisotopic (exact) mass is 317 g/mol. The van der Waals surface area contributed by atoms with Crippen LogP contribution in [0.2, 0.25) is 0 Å². The zero-order chi connectivity index (χ0) is 16.1. The molecule has 1 aromatic carbocycles. The van der Waals surface area contributed by atoms with Gasteiger partial charge in [0.1, 0.15) is 0 Å². The zero-order valence-corrected chi connectivity index (χ0v) is 12.9. The van der Waals surface area contributed by atoms with E-state index in [-0.39, 0.29) is 11.3 Å². The molecular weight excluding hydrogens is 297 g/mol. The Labute approximate surface area is 134 Å². The Morgan fingerprint density at radius 1 is 1.22 bits per heavy atom. The quantitative estimate of drug-likeness (QED) is 0.832. The van der Waals surface area contributed by atoms with Crippen LogP contribution in [0.5, 0.6) is 5.75 Å². The minimum Gasteiger partial charge on any atom is -0.490 e. The van der Waals surface area contributed by atoms with Gasteiger partial charge in [0, 0.05) is 18.2 Å². The Kier molecular flexibility index (Phi) is 5.02. The summed E-state index contributed by atoms with van der Waals surface area (Å²) in [6.45, 7) is 3.83. The van der Waals surface area contributed by atoms with Gasteiger partial charge in [-0.3, -0.25) is 4.79 Å². The molecule has 0 saturated carbocycles. The normalized spacial score (nSPS) is 15.0. The number of nitrogens with zero attached hydrogens (tertiary/aromatic N) is 2. The van der Waals surface area contributed by atoms with Crippen molar-refractivity contribution in [1.82, 2.24) is 15.1 Å². The molecule has 3 rings (SSSR count). The van der Waals surface area contributed by atoms with Crippen molar-refractivity contribution in [2.45, 2.75) is 19.3 Å². The van der Waals surface area contributed by atoms with Crippen LogP contribution in [0.3, 0.4) is 0 Å². The predicted octanol–water partition coefficient (Wildman–Crippen LogP) is 2.44. The van der Waals surface area contributed by atoms with Crippen molar-refractivity contribution in [3.63, 3.8) is 0 Å².